The summed E-state index contributed by atoms with van der Waals surface area (Å²) in [7, 11) is 3.22. The maximum atomic E-state index is 11.9. The van der Waals surface area contributed by atoms with Crippen LogP contribution in [0.4, 0.5) is 0 Å². The van der Waals surface area contributed by atoms with Crippen molar-refractivity contribution in [2.75, 3.05) is 20.8 Å². The summed E-state index contributed by atoms with van der Waals surface area (Å²) in [5.41, 5.74) is 7.08. The Morgan fingerprint density at radius 2 is 1.96 bits per heavy atom. The zero-order valence-corrected chi connectivity index (χ0v) is 14.7. The van der Waals surface area contributed by atoms with Gasteiger partial charge in [-0.1, -0.05) is 6.07 Å². The molecule has 6 nitrogen and oxygen atoms in total. The largest absolute Gasteiger partial charge is 0.493 e. The minimum Gasteiger partial charge on any atom is -0.493 e. The molecule has 132 valence electrons. The van der Waals surface area contributed by atoms with Gasteiger partial charge in [-0.15, -0.1) is 12.4 Å². The van der Waals surface area contributed by atoms with E-state index >= 15 is 0 Å². The first-order valence-corrected chi connectivity index (χ1v) is 7.44. The Hall–Kier alpha value is -2.18. The van der Waals surface area contributed by atoms with Crippen LogP contribution in [0.1, 0.15) is 28.1 Å². The predicted octanol–water partition coefficient (Wildman–Crippen LogP) is 2.54. The van der Waals surface area contributed by atoms with Crippen molar-refractivity contribution in [3.05, 3.63) is 47.4 Å². The molecule has 2 rings (SSSR count). The fourth-order valence-corrected chi connectivity index (χ4v) is 2.24. The van der Waals surface area contributed by atoms with Gasteiger partial charge in [-0.05, 0) is 36.6 Å². The highest BCUT2D eigenvalue weighted by molar-refractivity contribution is 5.93. The summed E-state index contributed by atoms with van der Waals surface area (Å²) in [5, 5.41) is 2.86. The van der Waals surface area contributed by atoms with Crippen LogP contribution in [-0.4, -0.2) is 26.7 Å². The molecule has 0 aliphatic heterocycles. The lowest BCUT2D eigenvalue weighted by atomic mass is 10.1. The van der Waals surface area contributed by atoms with E-state index in [1.807, 2.05) is 18.2 Å². The van der Waals surface area contributed by atoms with Crippen LogP contribution in [-0.2, 0) is 13.0 Å². The number of ether oxygens (including phenoxy) is 2. The topological polar surface area (TPSA) is 86.7 Å². The molecule has 0 unspecified atom stereocenters. The smallest absolute Gasteiger partial charge is 0.254 e. The van der Waals surface area contributed by atoms with Crippen LogP contribution in [0, 0.1) is 0 Å². The quantitative estimate of drug-likeness (QED) is 0.711. The van der Waals surface area contributed by atoms with E-state index in [9.17, 15) is 4.79 Å². The first-order valence-electron chi connectivity index (χ1n) is 7.44. The SMILES string of the molecule is COc1ccc(CCCNC(=O)c2coc(CN)c2)cc1OC.Cl. The Labute approximate surface area is 147 Å². The molecule has 0 saturated heterocycles. The van der Waals surface area contributed by atoms with Gasteiger partial charge in [0.15, 0.2) is 11.5 Å². The van der Waals surface area contributed by atoms with Gasteiger partial charge in [0.25, 0.3) is 5.91 Å². The second-order valence-corrected chi connectivity index (χ2v) is 5.05. The van der Waals surface area contributed by atoms with Gasteiger partial charge >= 0.3 is 0 Å². The number of nitrogens with two attached hydrogens (primary N) is 1. The van der Waals surface area contributed by atoms with Crippen molar-refractivity contribution >= 4 is 18.3 Å². The number of carbonyl (C=O) groups is 1. The van der Waals surface area contributed by atoms with Gasteiger partial charge in [-0.2, -0.15) is 0 Å². The Morgan fingerprint density at radius 3 is 2.58 bits per heavy atom. The van der Waals surface area contributed by atoms with Gasteiger partial charge < -0.3 is 24.9 Å². The van der Waals surface area contributed by atoms with Gasteiger partial charge in [0.2, 0.25) is 0 Å². The number of carbonyl (C=O) groups excluding carboxylic acids is 1. The number of nitrogens with one attached hydrogen (secondary N) is 1. The van der Waals surface area contributed by atoms with Gasteiger partial charge in [0.1, 0.15) is 12.0 Å². The fraction of sp³-hybridized carbons (Fsp3) is 0.353. The van der Waals surface area contributed by atoms with E-state index in [-0.39, 0.29) is 24.9 Å². The highest BCUT2D eigenvalue weighted by Gasteiger charge is 2.09. The van der Waals surface area contributed by atoms with Crippen molar-refractivity contribution in [1.29, 1.82) is 0 Å². The monoisotopic (exact) mass is 354 g/mol. The molecule has 1 heterocycles. The Bertz CT molecular complexity index is 658. The van der Waals surface area contributed by atoms with E-state index < -0.39 is 0 Å². The first kappa shape index (κ1) is 19.9. The zero-order valence-electron chi connectivity index (χ0n) is 13.8. The summed E-state index contributed by atoms with van der Waals surface area (Å²) < 4.78 is 15.6. The van der Waals surface area contributed by atoms with Crippen LogP contribution in [0.25, 0.3) is 0 Å². The number of rotatable bonds is 8. The molecule has 1 aromatic carbocycles. The van der Waals surface area contributed by atoms with Crippen molar-refractivity contribution in [1.82, 2.24) is 5.32 Å². The standard InChI is InChI=1S/C17H22N2O4.ClH/c1-21-15-6-5-12(8-16(15)22-2)4-3-7-19-17(20)13-9-14(10-18)23-11-13;/h5-6,8-9,11H,3-4,7,10,18H2,1-2H3,(H,19,20);1H. The number of benzene rings is 1. The maximum Gasteiger partial charge on any atom is 0.254 e. The number of amides is 1. The molecule has 0 atom stereocenters. The minimum absolute atomic E-state index is 0. The normalized spacial score (nSPS) is 9.96. The predicted molar refractivity (Wildman–Crippen MR) is 94.0 cm³/mol. The third kappa shape index (κ3) is 5.18. The number of hydrogen-bond donors (Lipinski definition) is 2. The van der Waals surface area contributed by atoms with Crippen LogP contribution in [0.5, 0.6) is 11.5 Å². The molecule has 0 bridgehead atoms. The van der Waals surface area contributed by atoms with Crippen LogP contribution in [0.2, 0.25) is 0 Å². The van der Waals surface area contributed by atoms with Gasteiger partial charge in [0, 0.05) is 6.54 Å². The van der Waals surface area contributed by atoms with Crippen LogP contribution in [0.15, 0.2) is 34.9 Å². The summed E-state index contributed by atoms with van der Waals surface area (Å²) in [6.07, 6.45) is 3.08. The lowest BCUT2D eigenvalue weighted by Gasteiger charge is -2.09. The number of aryl methyl sites for hydroxylation is 1. The van der Waals surface area contributed by atoms with E-state index in [1.165, 1.54) is 6.26 Å². The molecule has 0 fully saturated rings. The van der Waals surface area contributed by atoms with Crippen LogP contribution < -0.4 is 20.5 Å². The third-order valence-corrected chi connectivity index (χ3v) is 3.49. The highest BCUT2D eigenvalue weighted by atomic mass is 35.5. The van der Waals surface area contributed by atoms with Crippen LogP contribution in [0.3, 0.4) is 0 Å². The second kappa shape index (κ2) is 9.85. The van der Waals surface area contributed by atoms with Crippen molar-refractivity contribution < 1.29 is 18.7 Å². The molecule has 24 heavy (non-hydrogen) atoms. The second-order valence-electron chi connectivity index (χ2n) is 5.05. The van der Waals surface area contributed by atoms with E-state index in [0.717, 1.165) is 18.4 Å². The Morgan fingerprint density at radius 1 is 1.21 bits per heavy atom. The molecule has 0 saturated carbocycles. The minimum atomic E-state index is -0.152. The zero-order chi connectivity index (χ0) is 16.7. The third-order valence-electron chi connectivity index (χ3n) is 3.49. The molecule has 2 aromatic rings. The number of furan rings is 1. The van der Waals surface area contributed by atoms with E-state index in [0.29, 0.717) is 29.4 Å². The molecule has 7 heteroatoms. The van der Waals surface area contributed by atoms with Crippen LogP contribution >= 0.6 is 12.4 Å². The molecule has 0 radical (unpaired) electrons. The van der Waals surface area contributed by atoms with Gasteiger partial charge in [-0.25, -0.2) is 0 Å². The number of halogens is 1. The Kier molecular flexibility index (Phi) is 8.15. The molecule has 0 spiro atoms. The summed E-state index contributed by atoms with van der Waals surface area (Å²) in [6, 6.07) is 7.48. The fourth-order valence-electron chi connectivity index (χ4n) is 2.24. The average Bonchev–Trinajstić information content (AvgIpc) is 3.07. The average molecular weight is 355 g/mol. The molecule has 0 aliphatic carbocycles. The molecular weight excluding hydrogens is 332 g/mol. The molecule has 1 aromatic heterocycles. The highest BCUT2D eigenvalue weighted by Crippen LogP contribution is 2.27. The van der Waals surface area contributed by atoms with E-state index in [1.54, 1.807) is 20.3 Å². The summed E-state index contributed by atoms with van der Waals surface area (Å²) >= 11 is 0. The first-order chi connectivity index (χ1) is 11.2. The Balaban J connectivity index is 0.00000288. The molecule has 0 aliphatic rings. The number of methoxy groups -OCH3 is 2. The van der Waals surface area contributed by atoms with Crippen molar-refractivity contribution in [3.63, 3.8) is 0 Å². The molecule has 1 amide bonds. The van der Waals surface area contributed by atoms with E-state index in [2.05, 4.69) is 5.32 Å². The summed E-state index contributed by atoms with van der Waals surface area (Å²) in [4.78, 5) is 11.9. The lowest BCUT2D eigenvalue weighted by Crippen LogP contribution is -2.24. The van der Waals surface area contributed by atoms with E-state index in [4.69, 9.17) is 19.6 Å². The maximum absolute atomic E-state index is 11.9. The summed E-state index contributed by atoms with van der Waals surface area (Å²) in [6.45, 7) is 0.864. The van der Waals surface area contributed by atoms with Gasteiger partial charge in [-0.3, -0.25) is 4.79 Å². The summed E-state index contributed by atoms with van der Waals surface area (Å²) in [5.74, 6) is 1.86. The molecule has 3 N–H and O–H groups in total. The van der Waals surface area contributed by atoms with Crippen molar-refractivity contribution in [3.8, 4) is 11.5 Å². The van der Waals surface area contributed by atoms with Crippen molar-refractivity contribution in [2.45, 2.75) is 19.4 Å². The lowest BCUT2D eigenvalue weighted by molar-refractivity contribution is 0.0952. The number of hydrogen-bond acceptors (Lipinski definition) is 5. The van der Waals surface area contributed by atoms with Crippen molar-refractivity contribution in [2.24, 2.45) is 5.73 Å². The van der Waals surface area contributed by atoms with Gasteiger partial charge in [0.05, 0.1) is 26.3 Å². The molecular formula is C17H23ClN2O4.